The number of aromatic nitrogens is 1. The maximum absolute atomic E-state index is 15.1. The topological polar surface area (TPSA) is 136 Å². The van der Waals surface area contributed by atoms with Gasteiger partial charge in [-0.25, -0.2) is 13.6 Å². The first-order chi connectivity index (χ1) is 20.2. The van der Waals surface area contributed by atoms with Gasteiger partial charge in [-0.15, -0.1) is 0 Å². The molecule has 0 bridgehead atoms. The molecule has 1 aromatic heterocycles. The number of anilines is 2. The maximum Gasteiger partial charge on any atom is 1.00 e. The van der Waals surface area contributed by atoms with E-state index >= 15 is 4.39 Å². The van der Waals surface area contributed by atoms with Gasteiger partial charge < -0.3 is 31.4 Å². The van der Waals surface area contributed by atoms with Crippen LogP contribution in [-0.2, 0) is 14.4 Å². The van der Waals surface area contributed by atoms with E-state index < -0.39 is 41.4 Å². The normalized spacial score (nSPS) is 12.9. The average Bonchev–Trinajstić information content (AvgIpc) is 3.77. The van der Waals surface area contributed by atoms with Crippen molar-refractivity contribution < 1.29 is 95.3 Å². The molecule has 3 aromatic carbocycles. The number of rotatable bonds is 11. The van der Waals surface area contributed by atoms with Crippen LogP contribution < -0.4 is 76.2 Å². The van der Waals surface area contributed by atoms with Gasteiger partial charge in [-0.05, 0) is 68.3 Å². The van der Waals surface area contributed by atoms with Crippen LogP contribution >= 0.6 is 0 Å². The van der Waals surface area contributed by atoms with Crippen LogP contribution in [0.2, 0.25) is 0 Å². The van der Waals surface area contributed by atoms with E-state index in [0.29, 0.717) is 29.4 Å². The van der Waals surface area contributed by atoms with Gasteiger partial charge in [-0.2, -0.15) is 0 Å². The van der Waals surface area contributed by atoms with E-state index in [-0.39, 0.29) is 88.1 Å². The molecule has 0 unspecified atom stereocenters. The first kappa shape index (κ1) is 32.3. The largest absolute Gasteiger partial charge is 1.00 e. The van der Waals surface area contributed by atoms with Gasteiger partial charge in [-0.1, -0.05) is 0 Å². The molecule has 13 heteroatoms. The summed E-state index contributed by atoms with van der Waals surface area (Å²) in [5.41, 5.74) is -0.422. The third-order valence-electron chi connectivity index (χ3n) is 6.55. The van der Waals surface area contributed by atoms with Gasteiger partial charge in [0.1, 0.15) is 17.0 Å². The smallest absolute Gasteiger partial charge is 1.00 e. The fraction of sp³-hybridized carbons (Fsp3) is 0.200. The molecule has 0 saturated heterocycles. The number of nitrogens with one attached hydrogen (secondary N) is 2. The minimum Gasteiger partial charge on any atom is -1.00 e. The van der Waals surface area contributed by atoms with E-state index in [2.05, 4.69) is 15.6 Å². The summed E-state index contributed by atoms with van der Waals surface area (Å²) in [5, 5.41) is 14.6. The molecule has 1 aliphatic rings. The average molecular weight is 618 g/mol. The number of hydrogen-bond donors (Lipinski definition) is 3. The summed E-state index contributed by atoms with van der Waals surface area (Å²) >= 11 is 0. The van der Waals surface area contributed by atoms with Gasteiger partial charge in [0.05, 0.1) is 12.1 Å². The molecular formula is C30H26F2KN3O7. The number of halogens is 2. The van der Waals surface area contributed by atoms with Gasteiger partial charge >= 0.3 is 57.4 Å². The molecule has 218 valence electrons. The SMILES string of the molecule is CCOc1cc2c(Oc3ccc(NC(=O)C4(C(=O)Nc5ccc(F)cc5)CC4)cc3F)ccnc2cc1OCC(=O)O.[H-].[K+]. The summed E-state index contributed by atoms with van der Waals surface area (Å²) in [6.45, 7) is 1.46. The molecule has 1 saturated carbocycles. The van der Waals surface area contributed by atoms with Crippen molar-refractivity contribution in [3.8, 4) is 23.0 Å². The van der Waals surface area contributed by atoms with Crippen molar-refractivity contribution in [2.24, 2.45) is 5.41 Å². The van der Waals surface area contributed by atoms with Gasteiger partial charge in [-0.3, -0.25) is 14.6 Å². The van der Waals surface area contributed by atoms with Crippen molar-refractivity contribution in [3.63, 3.8) is 0 Å². The van der Waals surface area contributed by atoms with Gasteiger partial charge in [0.25, 0.3) is 0 Å². The Morgan fingerprint density at radius 2 is 1.53 bits per heavy atom. The summed E-state index contributed by atoms with van der Waals surface area (Å²) in [6, 6.07) is 13.6. The van der Waals surface area contributed by atoms with Crippen molar-refractivity contribution in [2.45, 2.75) is 19.8 Å². The minimum absolute atomic E-state index is 0. The summed E-state index contributed by atoms with van der Waals surface area (Å²) in [7, 11) is 0. The fourth-order valence-corrected chi connectivity index (χ4v) is 4.23. The van der Waals surface area contributed by atoms with Crippen LogP contribution in [0.4, 0.5) is 20.2 Å². The molecule has 1 aliphatic carbocycles. The number of benzene rings is 3. The molecule has 1 heterocycles. The van der Waals surface area contributed by atoms with Crippen LogP contribution in [0.15, 0.2) is 66.9 Å². The number of carbonyl (C=O) groups excluding carboxylic acids is 2. The predicted molar refractivity (Wildman–Crippen MR) is 149 cm³/mol. The molecule has 3 N–H and O–H groups in total. The molecule has 0 atom stereocenters. The van der Waals surface area contributed by atoms with Gasteiger partial charge in [0.2, 0.25) is 11.8 Å². The molecule has 10 nitrogen and oxygen atoms in total. The Labute approximate surface area is 288 Å². The first-order valence-corrected chi connectivity index (χ1v) is 12.9. The molecule has 4 aromatic rings. The molecule has 0 radical (unpaired) electrons. The van der Waals surface area contributed by atoms with E-state index in [4.69, 9.17) is 19.3 Å². The number of carboxylic acid groups (broad SMARTS) is 1. The molecule has 0 aliphatic heterocycles. The van der Waals surface area contributed by atoms with Gasteiger partial charge in [0.15, 0.2) is 29.7 Å². The molecule has 1 fully saturated rings. The number of ether oxygens (including phenoxy) is 3. The Morgan fingerprint density at radius 3 is 2.16 bits per heavy atom. The Bertz CT molecular complexity index is 1690. The van der Waals surface area contributed by atoms with Crippen LogP contribution in [0.3, 0.4) is 0 Å². The summed E-state index contributed by atoms with van der Waals surface area (Å²) < 4.78 is 45.0. The quantitative estimate of drug-likeness (QED) is 0.173. The third-order valence-corrected chi connectivity index (χ3v) is 6.55. The van der Waals surface area contributed by atoms with Crippen molar-refractivity contribution in [1.29, 1.82) is 0 Å². The van der Waals surface area contributed by atoms with Crippen molar-refractivity contribution >= 4 is 40.1 Å². The second-order valence-corrected chi connectivity index (χ2v) is 9.49. The number of hydrogen-bond acceptors (Lipinski definition) is 7. The standard InChI is InChI=1S/C30H25F2N3O7.K.H/c1-2-40-25-14-20-22(15-26(25)41-16-27(36)37)33-12-9-23(20)42-24-8-7-19(13-21(24)32)35-29(39)30(10-11-30)28(38)34-18-5-3-17(31)4-6-18;;/h3-9,12-15H,2,10-11,16H2,1H3,(H,34,38)(H,35,39)(H,36,37);;/q;+1;-1. The van der Waals surface area contributed by atoms with Crippen LogP contribution in [0.1, 0.15) is 21.2 Å². The monoisotopic (exact) mass is 617 g/mol. The third kappa shape index (κ3) is 7.48. The van der Waals surface area contributed by atoms with E-state index in [1.54, 1.807) is 13.0 Å². The van der Waals surface area contributed by atoms with Crippen LogP contribution in [0.25, 0.3) is 10.9 Å². The number of nitrogens with zero attached hydrogens (tertiary/aromatic N) is 1. The van der Waals surface area contributed by atoms with Crippen LogP contribution in [0.5, 0.6) is 23.0 Å². The van der Waals surface area contributed by atoms with Crippen LogP contribution in [-0.4, -0.2) is 41.1 Å². The second-order valence-electron chi connectivity index (χ2n) is 9.49. The fourth-order valence-electron chi connectivity index (χ4n) is 4.23. The zero-order valence-corrected chi connectivity index (χ0v) is 26.4. The Balaban J connectivity index is 0.00000264. The predicted octanol–water partition coefficient (Wildman–Crippen LogP) is 2.64. The van der Waals surface area contributed by atoms with E-state index in [1.165, 1.54) is 54.7 Å². The molecule has 5 rings (SSSR count). The Kier molecular flexibility index (Phi) is 10.3. The van der Waals surface area contributed by atoms with Gasteiger partial charge in [0, 0.05) is 35.1 Å². The number of amides is 2. The summed E-state index contributed by atoms with van der Waals surface area (Å²) in [5.74, 6) is -2.94. The molecule has 0 spiro atoms. The number of pyridine rings is 1. The Hall–Kier alpha value is -3.62. The number of carbonyl (C=O) groups is 3. The zero-order chi connectivity index (χ0) is 29.9. The van der Waals surface area contributed by atoms with Crippen molar-refractivity contribution in [2.75, 3.05) is 23.8 Å². The van der Waals surface area contributed by atoms with E-state index in [1.807, 2.05) is 0 Å². The maximum atomic E-state index is 15.1. The summed E-state index contributed by atoms with van der Waals surface area (Å²) in [6.07, 6.45) is 2.08. The minimum atomic E-state index is -1.30. The molecule has 2 amide bonds. The number of carboxylic acids is 1. The van der Waals surface area contributed by atoms with Crippen molar-refractivity contribution in [3.05, 3.63) is 78.5 Å². The van der Waals surface area contributed by atoms with Crippen molar-refractivity contribution in [1.82, 2.24) is 4.98 Å². The molecule has 43 heavy (non-hydrogen) atoms. The summed E-state index contributed by atoms with van der Waals surface area (Å²) in [4.78, 5) is 41.0. The van der Waals surface area contributed by atoms with E-state index in [9.17, 15) is 18.8 Å². The van der Waals surface area contributed by atoms with Crippen LogP contribution in [0, 0.1) is 17.0 Å². The Morgan fingerprint density at radius 1 is 0.884 bits per heavy atom. The molecular weight excluding hydrogens is 591 g/mol. The zero-order valence-electron chi connectivity index (χ0n) is 24.3. The number of aliphatic carboxylic acids is 1. The van der Waals surface area contributed by atoms with E-state index in [0.717, 1.165) is 6.07 Å². The number of fused-ring (bicyclic) bond motifs is 1. The second kappa shape index (κ2) is 13.8. The first-order valence-electron chi connectivity index (χ1n) is 12.9.